The van der Waals surface area contributed by atoms with Gasteiger partial charge in [0, 0.05) is 6.54 Å². The second-order valence-electron chi connectivity index (χ2n) is 3.37. The Kier molecular flexibility index (Phi) is 2.34. The lowest BCUT2D eigenvalue weighted by Gasteiger charge is -2.06. The van der Waals surface area contributed by atoms with Crippen molar-refractivity contribution < 1.29 is 4.79 Å². The Morgan fingerprint density at radius 1 is 1.36 bits per heavy atom. The Hall–Kier alpha value is -1.59. The van der Waals surface area contributed by atoms with E-state index in [4.69, 9.17) is 6.42 Å². The van der Waals surface area contributed by atoms with Crippen LogP contribution in [0.4, 0.5) is 0 Å². The average Bonchev–Trinajstić information content (AvgIpc) is 2.61. The summed E-state index contributed by atoms with van der Waals surface area (Å²) in [5.74, 6) is 2.49. The van der Waals surface area contributed by atoms with Crippen molar-refractivity contribution >= 4 is 5.78 Å². The normalized spacial score (nSPS) is 26.1. The van der Waals surface area contributed by atoms with Gasteiger partial charge < -0.3 is 0 Å². The van der Waals surface area contributed by atoms with Crippen LogP contribution in [-0.2, 0) is 4.79 Å². The molecule has 1 aromatic carbocycles. The standard InChI is InChI=1S/C12H11NO/c1-2-11-12(14)10(8-13-11)9-6-4-3-5-7-9/h1,3-7,10-11,13H,8H2. The van der Waals surface area contributed by atoms with Crippen LogP contribution in [0.25, 0.3) is 0 Å². The summed E-state index contributed by atoms with van der Waals surface area (Å²) >= 11 is 0. The minimum atomic E-state index is -0.403. The number of carbonyl (C=O) groups excluding carboxylic acids is 1. The fourth-order valence-electron chi connectivity index (χ4n) is 1.75. The molecular weight excluding hydrogens is 174 g/mol. The molecule has 1 saturated heterocycles. The number of benzene rings is 1. The summed E-state index contributed by atoms with van der Waals surface area (Å²) in [5.41, 5.74) is 1.04. The van der Waals surface area contributed by atoms with Gasteiger partial charge in [0.2, 0.25) is 0 Å². The van der Waals surface area contributed by atoms with Crippen LogP contribution < -0.4 is 5.32 Å². The zero-order chi connectivity index (χ0) is 9.97. The SMILES string of the molecule is C#CC1NCC(c2ccccc2)C1=O. The molecule has 2 unspecified atom stereocenters. The Balaban J connectivity index is 2.24. The van der Waals surface area contributed by atoms with E-state index in [2.05, 4.69) is 11.2 Å². The molecule has 2 nitrogen and oxygen atoms in total. The predicted molar refractivity (Wildman–Crippen MR) is 54.8 cm³/mol. The van der Waals surface area contributed by atoms with E-state index < -0.39 is 6.04 Å². The van der Waals surface area contributed by atoms with Gasteiger partial charge in [-0.2, -0.15) is 0 Å². The first kappa shape index (κ1) is 8.98. The van der Waals surface area contributed by atoms with Gasteiger partial charge in [-0.15, -0.1) is 6.42 Å². The van der Waals surface area contributed by atoms with Gasteiger partial charge in [-0.3, -0.25) is 10.1 Å². The minimum Gasteiger partial charge on any atom is -0.296 e. The first-order valence-corrected chi connectivity index (χ1v) is 4.61. The lowest BCUT2D eigenvalue weighted by Crippen LogP contribution is -2.24. The maximum atomic E-state index is 11.7. The fraction of sp³-hybridized carbons (Fsp3) is 0.250. The first-order chi connectivity index (χ1) is 6.83. The molecule has 70 valence electrons. The Bertz CT molecular complexity index is 377. The molecule has 1 aliphatic heterocycles. The van der Waals surface area contributed by atoms with Crippen molar-refractivity contribution in [2.45, 2.75) is 12.0 Å². The van der Waals surface area contributed by atoms with E-state index in [1.54, 1.807) is 0 Å². The Labute approximate surface area is 83.3 Å². The summed E-state index contributed by atoms with van der Waals surface area (Å²) in [6.45, 7) is 0.651. The van der Waals surface area contributed by atoms with Crippen molar-refractivity contribution in [3.63, 3.8) is 0 Å². The summed E-state index contributed by atoms with van der Waals surface area (Å²) in [4.78, 5) is 11.7. The third kappa shape index (κ3) is 1.43. The number of hydrogen-bond acceptors (Lipinski definition) is 2. The lowest BCUT2D eigenvalue weighted by molar-refractivity contribution is -0.118. The predicted octanol–water partition coefficient (Wildman–Crippen LogP) is 0.944. The molecule has 0 aliphatic carbocycles. The lowest BCUT2D eigenvalue weighted by atomic mass is 9.95. The number of Topliss-reactive ketones (excluding diaryl/α,β-unsaturated/α-hetero) is 1. The molecule has 0 amide bonds. The zero-order valence-electron chi connectivity index (χ0n) is 7.73. The van der Waals surface area contributed by atoms with E-state index in [-0.39, 0.29) is 11.7 Å². The number of ketones is 1. The van der Waals surface area contributed by atoms with Crippen molar-refractivity contribution in [1.29, 1.82) is 0 Å². The van der Waals surface area contributed by atoms with Gasteiger partial charge in [0.05, 0.1) is 5.92 Å². The molecule has 0 aromatic heterocycles. The van der Waals surface area contributed by atoms with Crippen molar-refractivity contribution in [3.8, 4) is 12.3 Å². The summed E-state index contributed by atoms with van der Waals surface area (Å²) in [5, 5.41) is 3.02. The van der Waals surface area contributed by atoms with Gasteiger partial charge in [0.1, 0.15) is 6.04 Å². The topological polar surface area (TPSA) is 29.1 Å². The van der Waals surface area contributed by atoms with E-state index in [9.17, 15) is 4.79 Å². The minimum absolute atomic E-state index is 0.0720. The summed E-state index contributed by atoms with van der Waals surface area (Å²) in [7, 11) is 0. The van der Waals surface area contributed by atoms with E-state index in [1.165, 1.54) is 0 Å². The van der Waals surface area contributed by atoms with Gasteiger partial charge in [-0.1, -0.05) is 36.3 Å². The van der Waals surface area contributed by atoms with E-state index in [0.717, 1.165) is 5.56 Å². The van der Waals surface area contributed by atoms with Gasteiger partial charge in [-0.05, 0) is 5.56 Å². The number of carbonyl (C=O) groups is 1. The van der Waals surface area contributed by atoms with Crippen molar-refractivity contribution in [2.24, 2.45) is 0 Å². The maximum Gasteiger partial charge on any atom is 0.170 e. The second kappa shape index (κ2) is 3.65. The summed E-state index contributed by atoms with van der Waals surface area (Å²) in [6.07, 6.45) is 5.23. The average molecular weight is 185 g/mol. The van der Waals surface area contributed by atoms with Gasteiger partial charge in [-0.25, -0.2) is 0 Å². The van der Waals surface area contributed by atoms with E-state index in [1.807, 2.05) is 30.3 Å². The molecule has 1 heterocycles. The van der Waals surface area contributed by atoms with Crippen LogP contribution in [0.5, 0.6) is 0 Å². The first-order valence-electron chi connectivity index (χ1n) is 4.61. The van der Waals surface area contributed by atoms with Crippen LogP contribution in [0.3, 0.4) is 0 Å². The number of hydrogen-bond donors (Lipinski definition) is 1. The maximum absolute atomic E-state index is 11.7. The van der Waals surface area contributed by atoms with Crippen LogP contribution in [0.2, 0.25) is 0 Å². The van der Waals surface area contributed by atoms with Crippen molar-refractivity contribution in [3.05, 3.63) is 35.9 Å². The summed E-state index contributed by atoms with van der Waals surface area (Å²) in [6, 6.07) is 9.33. The molecule has 2 heteroatoms. The molecule has 14 heavy (non-hydrogen) atoms. The van der Waals surface area contributed by atoms with Crippen LogP contribution in [0.1, 0.15) is 11.5 Å². The quantitative estimate of drug-likeness (QED) is 0.660. The molecular formula is C12H11NO. The Morgan fingerprint density at radius 2 is 2.07 bits per heavy atom. The zero-order valence-corrected chi connectivity index (χ0v) is 7.73. The van der Waals surface area contributed by atoms with Crippen LogP contribution in [0, 0.1) is 12.3 Å². The summed E-state index contributed by atoms with van der Waals surface area (Å²) < 4.78 is 0. The van der Waals surface area contributed by atoms with Crippen LogP contribution >= 0.6 is 0 Å². The van der Waals surface area contributed by atoms with Gasteiger partial charge in [0.25, 0.3) is 0 Å². The molecule has 2 atom stereocenters. The highest BCUT2D eigenvalue weighted by atomic mass is 16.1. The monoisotopic (exact) mass is 185 g/mol. The highest BCUT2D eigenvalue weighted by Crippen LogP contribution is 2.21. The number of nitrogens with one attached hydrogen (secondary N) is 1. The van der Waals surface area contributed by atoms with Crippen molar-refractivity contribution in [1.82, 2.24) is 5.32 Å². The molecule has 0 radical (unpaired) electrons. The van der Waals surface area contributed by atoms with Crippen molar-refractivity contribution in [2.75, 3.05) is 6.54 Å². The Morgan fingerprint density at radius 3 is 2.64 bits per heavy atom. The largest absolute Gasteiger partial charge is 0.296 e. The smallest absolute Gasteiger partial charge is 0.170 e. The third-order valence-electron chi connectivity index (χ3n) is 2.52. The van der Waals surface area contributed by atoms with Crippen LogP contribution in [-0.4, -0.2) is 18.4 Å². The van der Waals surface area contributed by atoms with Gasteiger partial charge in [0.15, 0.2) is 5.78 Å². The molecule has 1 fully saturated rings. The molecule has 0 spiro atoms. The molecule has 0 saturated carbocycles. The highest BCUT2D eigenvalue weighted by Gasteiger charge is 2.33. The molecule has 1 N–H and O–H groups in total. The molecule has 1 aliphatic rings. The fourth-order valence-corrected chi connectivity index (χ4v) is 1.75. The molecule has 2 rings (SSSR count). The van der Waals surface area contributed by atoms with Gasteiger partial charge >= 0.3 is 0 Å². The van der Waals surface area contributed by atoms with E-state index in [0.29, 0.717) is 6.54 Å². The molecule has 1 aromatic rings. The van der Waals surface area contributed by atoms with Crippen LogP contribution in [0.15, 0.2) is 30.3 Å². The highest BCUT2D eigenvalue weighted by molar-refractivity contribution is 5.95. The molecule has 0 bridgehead atoms. The van der Waals surface area contributed by atoms with E-state index >= 15 is 0 Å². The number of terminal acetylenes is 1. The third-order valence-corrected chi connectivity index (χ3v) is 2.52. The number of rotatable bonds is 1. The second-order valence-corrected chi connectivity index (χ2v) is 3.37.